The van der Waals surface area contributed by atoms with Crippen LogP contribution in [0.15, 0.2) is 47.3 Å². The van der Waals surface area contributed by atoms with Gasteiger partial charge in [-0.1, -0.05) is 63.6 Å². The highest BCUT2D eigenvalue weighted by Gasteiger charge is 2.40. The Balaban J connectivity index is 1.88. The van der Waals surface area contributed by atoms with Gasteiger partial charge in [0.2, 0.25) is 0 Å². The second-order valence-electron chi connectivity index (χ2n) is 9.52. The van der Waals surface area contributed by atoms with Crippen LogP contribution in [0, 0.1) is 5.41 Å². The van der Waals surface area contributed by atoms with Crippen molar-refractivity contribution in [3.8, 4) is 22.8 Å². The van der Waals surface area contributed by atoms with Crippen molar-refractivity contribution in [2.45, 2.75) is 59.1 Å². The molecule has 0 atom stereocenters. The number of rotatable bonds is 8. The molecule has 0 saturated carbocycles. The number of ketones is 1. The lowest BCUT2D eigenvalue weighted by molar-refractivity contribution is -0.163. The Morgan fingerprint density at radius 1 is 1.09 bits per heavy atom. The van der Waals surface area contributed by atoms with E-state index in [-0.39, 0.29) is 30.4 Å². The molecule has 0 aliphatic rings. The Labute approximate surface area is 206 Å². The Morgan fingerprint density at radius 2 is 1.80 bits per heavy atom. The second-order valence-corrected chi connectivity index (χ2v) is 9.93. The van der Waals surface area contributed by atoms with Gasteiger partial charge in [0, 0.05) is 23.0 Å². The Hall–Kier alpha value is -3.00. The van der Waals surface area contributed by atoms with Crippen molar-refractivity contribution in [1.82, 2.24) is 15.0 Å². The summed E-state index contributed by atoms with van der Waals surface area (Å²) in [5.74, 6) is 0.266. The molecule has 9 heteroatoms. The molecule has 0 saturated heterocycles. The van der Waals surface area contributed by atoms with Crippen molar-refractivity contribution in [3.05, 3.63) is 69.1 Å². The summed E-state index contributed by atoms with van der Waals surface area (Å²) in [6.07, 6.45) is -5.42. The fourth-order valence-electron chi connectivity index (χ4n) is 3.78. The third-order valence-corrected chi connectivity index (χ3v) is 6.12. The SMILES string of the molecule is CC(C)c1cccc(-c2nc(-c3cc(CCC(=O)C(C)(C)CC(F)(F)F)ccc3Cl)[nH]c(=O)n2)c1. The monoisotopic (exact) mass is 505 g/mol. The number of nitrogens with zero attached hydrogens (tertiary/aromatic N) is 2. The molecular formula is C26H27ClF3N3O2. The van der Waals surface area contributed by atoms with Gasteiger partial charge >= 0.3 is 11.9 Å². The van der Waals surface area contributed by atoms with Crippen LogP contribution in [0.2, 0.25) is 5.02 Å². The van der Waals surface area contributed by atoms with Crippen LogP contribution in [0.5, 0.6) is 0 Å². The van der Waals surface area contributed by atoms with E-state index in [1.54, 1.807) is 18.2 Å². The molecule has 0 aliphatic carbocycles. The molecule has 5 nitrogen and oxygen atoms in total. The van der Waals surface area contributed by atoms with Crippen molar-refractivity contribution in [2.75, 3.05) is 0 Å². The number of Topliss-reactive ketones (excluding diaryl/α,β-unsaturated/α-hetero) is 1. The first kappa shape index (κ1) is 26.6. The van der Waals surface area contributed by atoms with E-state index >= 15 is 0 Å². The molecule has 1 N–H and O–H groups in total. The minimum Gasteiger partial charge on any atom is -0.299 e. The highest BCUT2D eigenvalue weighted by Crippen LogP contribution is 2.35. The largest absolute Gasteiger partial charge is 0.390 e. The van der Waals surface area contributed by atoms with Crippen molar-refractivity contribution in [2.24, 2.45) is 5.41 Å². The molecule has 0 fully saturated rings. The summed E-state index contributed by atoms with van der Waals surface area (Å²) in [4.78, 5) is 35.9. The minimum atomic E-state index is -4.42. The van der Waals surface area contributed by atoms with Crippen LogP contribution in [-0.4, -0.2) is 26.9 Å². The summed E-state index contributed by atoms with van der Waals surface area (Å²) >= 11 is 6.38. The summed E-state index contributed by atoms with van der Waals surface area (Å²) in [5.41, 5.74) is 0.783. The maximum atomic E-state index is 12.8. The van der Waals surface area contributed by atoms with Crippen molar-refractivity contribution in [1.29, 1.82) is 0 Å². The number of nitrogens with one attached hydrogen (secondary N) is 1. The number of aryl methyl sites for hydroxylation is 1. The molecule has 0 bridgehead atoms. The first-order valence-corrected chi connectivity index (χ1v) is 11.6. The lowest BCUT2D eigenvalue weighted by Crippen LogP contribution is -2.30. The maximum absolute atomic E-state index is 12.8. The molecule has 1 heterocycles. The molecular weight excluding hydrogens is 479 g/mol. The van der Waals surface area contributed by atoms with E-state index in [0.717, 1.165) is 5.56 Å². The zero-order chi connectivity index (χ0) is 26.0. The molecule has 3 aromatic rings. The Morgan fingerprint density at radius 3 is 2.46 bits per heavy atom. The number of hydrogen-bond acceptors (Lipinski definition) is 4. The van der Waals surface area contributed by atoms with Gasteiger partial charge in [-0.2, -0.15) is 18.2 Å². The van der Waals surface area contributed by atoms with Crippen LogP contribution in [0.1, 0.15) is 57.6 Å². The highest BCUT2D eigenvalue weighted by atomic mass is 35.5. The van der Waals surface area contributed by atoms with Crippen LogP contribution >= 0.6 is 11.6 Å². The molecule has 3 rings (SSSR count). The van der Waals surface area contributed by atoms with E-state index in [0.29, 0.717) is 21.7 Å². The quantitative estimate of drug-likeness (QED) is 0.367. The summed E-state index contributed by atoms with van der Waals surface area (Å²) in [5, 5.41) is 0.328. The van der Waals surface area contributed by atoms with Gasteiger partial charge in [-0.05, 0) is 41.7 Å². The smallest absolute Gasteiger partial charge is 0.299 e. The normalized spacial score (nSPS) is 12.3. The van der Waals surface area contributed by atoms with E-state index in [9.17, 15) is 22.8 Å². The van der Waals surface area contributed by atoms with Crippen molar-refractivity contribution < 1.29 is 18.0 Å². The maximum Gasteiger partial charge on any atom is 0.390 e. The number of aromatic amines is 1. The standard InChI is InChI=1S/C26H27ClF3N3O2/c1-15(2)17-6-5-7-18(13-17)22-31-23(33-24(35)32-22)19-12-16(8-10-20(19)27)9-11-21(34)25(3,4)14-26(28,29)30/h5-8,10,12-13,15H,9,11,14H2,1-4H3,(H,31,32,33,35). The molecule has 35 heavy (non-hydrogen) atoms. The molecule has 0 unspecified atom stereocenters. The number of hydrogen-bond donors (Lipinski definition) is 1. The Bertz CT molecular complexity index is 1280. The summed E-state index contributed by atoms with van der Waals surface area (Å²) in [7, 11) is 0. The summed E-state index contributed by atoms with van der Waals surface area (Å²) < 4.78 is 38.4. The average Bonchev–Trinajstić information content (AvgIpc) is 2.76. The van der Waals surface area contributed by atoms with Gasteiger partial charge in [-0.15, -0.1) is 0 Å². The summed E-state index contributed by atoms with van der Waals surface area (Å²) in [6, 6.07) is 12.6. The van der Waals surface area contributed by atoms with E-state index in [4.69, 9.17) is 11.6 Å². The van der Waals surface area contributed by atoms with E-state index in [2.05, 4.69) is 28.8 Å². The number of benzene rings is 2. The molecule has 0 radical (unpaired) electrons. The number of H-pyrrole nitrogens is 1. The van der Waals surface area contributed by atoms with Crippen LogP contribution in [0.4, 0.5) is 13.2 Å². The van der Waals surface area contributed by atoms with Gasteiger partial charge in [0.25, 0.3) is 0 Å². The summed E-state index contributed by atoms with van der Waals surface area (Å²) in [6.45, 7) is 6.72. The van der Waals surface area contributed by atoms with Gasteiger partial charge in [0.15, 0.2) is 5.82 Å². The van der Waals surface area contributed by atoms with Crippen LogP contribution < -0.4 is 5.69 Å². The number of carbonyl (C=O) groups is 1. The molecule has 0 aliphatic heterocycles. The van der Waals surface area contributed by atoms with E-state index < -0.39 is 29.5 Å². The topological polar surface area (TPSA) is 75.7 Å². The fourth-order valence-corrected chi connectivity index (χ4v) is 3.99. The van der Waals surface area contributed by atoms with Gasteiger partial charge < -0.3 is 0 Å². The number of carbonyl (C=O) groups excluding carboxylic acids is 1. The Kier molecular flexibility index (Phi) is 7.84. The van der Waals surface area contributed by atoms with Gasteiger partial charge in [-0.3, -0.25) is 9.78 Å². The van der Waals surface area contributed by atoms with Crippen LogP contribution in [-0.2, 0) is 11.2 Å². The second kappa shape index (κ2) is 10.3. The fraction of sp³-hybridized carbons (Fsp3) is 0.385. The minimum absolute atomic E-state index is 0.0578. The van der Waals surface area contributed by atoms with E-state index in [1.807, 2.05) is 24.3 Å². The zero-order valence-electron chi connectivity index (χ0n) is 20.0. The number of alkyl halides is 3. The molecule has 186 valence electrons. The first-order chi connectivity index (χ1) is 16.2. The number of aromatic nitrogens is 3. The van der Waals surface area contributed by atoms with Gasteiger partial charge in [0.05, 0.1) is 11.4 Å². The zero-order valence-corrected chi connectivity index (χ0v) is 20.7. The number of halogens is 4. The third-order valence-electron chi connectivity index (χ3n) is 5.79. The highest BCUT2D eigenvalue weighted by molar-refractivity contribution is 6.33. The van der Waals surface area contributed by atoms with Crippen LogP contribution in [0.3, 0.4) is 0 Å². The van der Waals surface area contributed by atoms with Crippen LogP contribution in [0.25, 0.3) is 22.8 Å². The van der Waals surface area contributed by atoms with E-state index in [1.165, 1.54) is 13.8 Å². The molecule has 1 aromatic heterocycles. The lowest BCUT2D eigenvalue weighted by atomic mass is 9.82. The van der Waals surface area contributed by atoms with Crippen molar-refractivity contribution in [3.63, 3.8) is 0 Å². The predicted octanol–water partition coefficient (Wildman–Crippen LogP) is 6.76. The first-order valence-electron chi connectivity index (χ1n) is 11.2. The van der Waals surface area contributed by atoms with Gasteiger partial charge in [0.1, 0.15) is 11.6 Å². The average molecular weight is 506 g/mol. The lowest BCUT2D eigenvalue weighted by Gasteiger charge is -2.24. The third kappa shape index (κ3) is 7.01. The molecule has 0 spiro atoms. The predicted molar refractivity (Wildman–Crippen MR) is 130 cm³/mol. The van der Waals surface area contributed by atoms with Gasteiger partial charge in [-0.25, -0.2) is 9.78 Å². The molecule has 0 amide bonds. The molecule has 2 aromatic carbocycles. The van der Waals surface area contributed by atoms with Crippen molar-refractivity contribution >= 4 is 17.4 Å².